The van der Waals surface area contributed by atoms with Crippen LogP contribution in [0.3, 0.4) is 0 Å². The second-order valence-electron chi connectivity index (χ2n) is 3.86. The summed E-state index contributed by atoms with van der Waals surface area (Å²) in [7, 11) is 0. The summed E-state index contributed by atoms with van der Waals surface area (Å²) < 4.78 is 0. The predicted octanol–water partition coefficient (Wildman–Crippen LogP) is 1.29. The Bertz CT molecular complexity index is 360. The average Bonchev–Trinajstić information content (AvgIpc) is 2.31. The van der Waals surface area contributed by atoms with Crippen LogP contribution in [0.1, 0.15) is 23.2 Å². The lowest BCUT2D eigenvalue weighted by Gasteiger charge is -2.22. The molecule has 1 aromatic rings. The molecule has 0 aliphatic carbocycles. The molecule has 86 valence electrons. The van der Waals surface area contributed by atoms with Gasteiger partial charge in [-0.1, -0.05) is 0 Å². The molecule has 1 unspecified atom stereocenters. The van der Waals surface area contributed by atoms with E-state index < -0.39 is 0 Å². The van der Waals surface area contributed by atoms with Crippen molar-refractivity contribution in [3.63, 3.8) is 0 Å². The van der Waals surface area contributed by atoms with Gasteiger partial charge in [0.05, 0.1) is 5.56 Å². The van der Waals surface area contributed by atoms with Gasteiger partial charge >= 0.3 is 0 Å². The Kier molecular flexibility index (Phi) is 3.66. The van der Waals surface area contributed by atoms with Gasteiger partial charge in [0.1, 0.15) is 5.82 Å². The van der Waals surface area contributed by atoms with Crippen LogP contribution in [0.25, 0.3) is 0 Å². The molecule has 1 fully saturated rings. The van der Waals surface area contributed by atoms with Crippen molar-refractivity contribution in [1.29, 1.82) is 0 Å². The molecule has 0 spiro atoms. The van der Waals surface area contributed by atoms with Crippen molar-refractivity contribution in [2.45, 2.75) is 18.9 Å². The van der Waals surface area contributed by atoms with Crippen LogP contribution in [-0.4, -0.2) is 28.4 Å². The van der Waals surface area contributed by atoms with Crippen LogP contribution in [0.2, 0.25) is 0 Å². The first-order valence-corrected chi connectivity index (χ1v) is 6.51. The van der Waals surface area contributed by atoms with Gasteiger partial charge in [-0.3, -0.25) is 4.79 Å². The lowest BCUT2D eigenvalue weighted by Crippen LogP contribution is -2.38. The van der Waals surface area contributed by atoms with E-state index >= 15 is 0 Å². The summed E-state index contributed by atoms with van der Waals surface area (Å²) in [5, 5.41) is 3.01. The van der Waals surface area contributed by atoms with Crippen LogP contribution in [0.15, 0.2) is 18.3 Å². The number of nitrogen functional groups attached to an aromatic ring is 1. The molecule has 0 saturated carbocycles. The fraction of sp³-hybridized carbons (Fsp3) is 0.455. The highest BCUT2D eigenvalue weighted by Crippen LogP contribution is 2.17. The average molecular weight is 237 g/mol. The Morgan fingerprint density at radius 2 is 2.44 bits per heavy atom. The van der Waals surface area contributed by atoms with Gasteiger partial charge in [0.15, 0.2) is 0 Å². The zero-order valence-corrected chi connectivity index (χ0v) is 9.80. The van der Waals surface area contributed by atoms with Crippen LogP contribution in [0.4, 0.5) is 5.82 Å². The van der Waals surface area contributed by atoms with Crippen molar-refractivity contribution >= 4 is 23.5 Å². The second kappa shape index (κ2) is 5.21. The molecule has 1 atom stereocenters. The lowest BCUT2D eigenvalue weighted by molar-refractivity contribution is 0.0938. The lowest BCUT2D eigenvalue weighted by atomic mass is 10.1. The van der Waals surface area contributed by atoms with Gasteiger partial charge in [-0.05, 0) is 30.7 Å². The maximum absolute atomic E-state index is 11.8. The molecule has 1 aliphatic rings. The molecule has 2 heterocycles. The van der Waals surface area contributed by atoms with Gasteiger partial charge in [-0.15, -0.1) is 0 Å². The highest BCUT2D eigenvalue weighted by Gasteiger charge is 2.16. The van der Waals surface area contributed by atoms with Gasteiger partial charge < -0.3 is 11.1 Å². The molecule has 1 aliphatic heterocycles. The van der Waals surface area contributed by atoms with E-state index in [1.54, 1.807) is 12.1 Å². The minimum Gasteiger partial charge on any atom is -0.384 e. The van der Waals surface area contributed by atoms with E-state index in [9.17, 15) is 4.79 Å². The third-order valence-corrected chi connectivity index (χ3v) is 3.76. The third-order valence-electron chi connectivity index (χ3n) is 2.54. The van der Waals surface area contributed by atoms with E-state index in [0.29, 0.717) is 17.4 Å². The van der Waals surface area contributed by atoms with Crippen molar-refractivity contribution in [3.05, 3.63) is 23.9 Å². The minimum absolute atomic E-state index is 0.0556. The number of nitrogens with zero attached hydrogens (tertiary/aromatic N) is 1. The minimum atomic E-state index is -0.0556. The Morgan fingerprint density at radius 1 is 1.56 bits per heavy atom. The van der Waals surface area contributed by atoms with Gasteiger partial charge in [-0.25, -0.2) is 4.98 Å². The normalized spacial score (nSPS) is 20.4. The first-order chi connectivity index (χ1) is 7.75. The Hall–Kier alpha value is -1.23. The Labute approximate surface area is 99.0 Å². The molecule has 1 aromatic heterocycles. The van der Waals surface area contributed by atoms with Crippen LogP contribution < -0.4 is 11.1 Å². The number of amides is 1. The summed E-state index contributed by atoms with van der Waals surface area (Å²) in [4.78, 5) is 15.7. The smallest absolute Gasteiger partial charge is 0.253 e. The monoisotopic (exact) mass is 237 g/mol. The zero-order chi connectivity index (χ0) is 11.4. The van der Waals surface area contributed by atoms with Gasteiger partial charge in [0.25, 0.3) is 5.91 Å². The number of carbonyl (C=O) groups is 1. The molecule has 2 rings (SSSR count). The van der Waals surface area contributed by atoms with Crippen LogP contribution >= 0.6 is 11.8 Å². The summed E-state index contributed by atoms with van der Waals surface area (Å²) in [6, 6.07) is 3.64. The maximum Gasteiger partial charge on any atom is 0.253 e. The van der Waals surface area contributed by atoms with Crippen molar-refractivity contribution in [3.8, 4) is 0 Å². The summed E-state index contributed by atoms with van der Waals surface area (Å²) in [6.45, 7) is 0. The molecular formula is C11H15N3OS. The summed E-state index contributed by atoms with van der Waals surface area (Å²) in [6.07, 6.45) is 3.76. The zero-order valence-electron chi connectivity index (χ0n) is 8.98. The van der Waals surface area contributed by atoms with E-state index in [-0.39, 0.29) is 5.91 Å². The fourth-order valence-corrected chi connectivity index (χ4v) is 2.73. The number of hydrogen-bond donors (Lipinski definition) is 2. The number of anilines is 1. The van der Waals surface area contributed by atoms with Crippen molar-refractivity contribution in [2.24, 2.45) is 0 Å². The van der Waals surface area contributed by atoms with Gasteiger partial charge in [-0.2, -0.15) is 11.8 Å². The topological polar surface area (TPSA) is 68.0 Å². The van der Waals surface area contributed by atoms with Crippen LogP contribution in [-0.2, 0) is 0 Å². The number of nitrogens with one attached hydrogen (secondary N) is 1. The first kappa shape index (κ1) is 11.3. The van der Waals surface area contributed by atoms with Gasteiger partial charge in [0, 0.05) is 18.0 Å². The van der Waals surface area contributed by atoms with E-state index in [1.165, 1.54) is 18.4 Å². The maximum atomic E-state index is 11.8. The summed E-state index contributed by atoms with van der Waals surface area (Å²) in [5.74, 6) is 2.59. The predicted molar refractivity (Wildman–Crippen MR) is 66.5 cm³/mol. The molecule has 1 saturated heterocycles. The molecule has 0 bridgehead atoms. The van der Waals surface area contributed by atoms with Gasteiger partial charge in [0.2, 0.25) is 0 Å². The first-order valence-electron chi connectivity index (χ1n) is 5.36. The van der Waals surface area contributed by atoms with E-state index in [2.05, 4.69) is 10.3 Å². The van der Waals surface area contributed by atoms with E-state index in [4.69, 9.17) is 5.73 Å². The molecule has 16 heavy (non-hydrogen) atoms. The SMILES string of the molecule is Nc1ccc(C(=O)NC2CCCSC2)cn1. The number of aromatic nitrogens is 1. The quantitative estimate of drug-likeness (QED) is 0.813. The highest BCUT2D eigenvalue weighted by molar-refractivity contribution is 7.99. The van der Waals surface area contributed by atoms with Crippen molar-refractivity contribution < 1.29 is 4.79 Å². The number of hydrogen-bond acceptors (Lipinski definition) is 4. The fourth-order valence-electron chi connectivity index (χ4n) is 1.66. The molecule has 5 heteroatoms. The van der Waals surface area contributed by atoms with E-state index in [0.717, 1.165) is 12.2 Å². The Morgan fingerprint density at radius 3 is 3.06 bits per heavy atom. The van der Waals surface area contributed by atoms with E-state index in [1.807, 2.05) is 11.8 Å². The van der Waals surface area contributed by atoms with Crippen molar-refractivity contribution in [2.75, 3.05) is 17.2 Å². The largest absolute Gasteiger partial charge is 0.384 e. The molecule has 0 aromatic carbocycles. The number of rotatable bonds is 2. The molecule has 1 amide bonds. The van der Waals surface area contributed by atoms with Crippen LogP contribution in [0.5, 0.6) is 0 Å². The third kappa shape index (κ3) is 2.88. The molecule has 0 radical (unpaired) electrons. The highest BCUT2D eigenvalue weighted by atomic mass is 32.2. The number of thioether (sulfide) groups is 1. The standard InChI is InChI=1S/C11H15N3OS/c12-10-4-3-8(6-13-10)11(15)14-9-2-1-5-16-7-9/h3-4,6,9H,1-2,5,7H2,(H2,12,13)(H,14,15). The second-order valence-corrected chi connectivity index (χ2v) is 5.01. The molecule has 4 nitrogen and oxygen atoms in total. The summed E-state index contributed by atoms with van der Waals surface area (Å²) in [5.41, 5.74) is 6.04. The van der Waals surface area contributed by atoms with Crippen molar-refractivity contribution in [1.82, 2.24) is 10.3 Å². The molecule has 3 N–H and O–H groups in total. The number of carbonyl (C=O) groups excluding carboxylic acids is 1. The van der Waals surface area contributed by atoms with Crippen LogP contribution in [0, 0.1) is 0 Å². The molecular weight excluding hydrogens is 222 g/mol. The Balaban J connectivity index is 1.94. The number of pyridine rings is 1. The summed E-state index contributed by atoms with van der Waals surface area (Å²) >= 11 is 1.89. The number of nitrogens with two attached hydrogens (primary N) is 1.